The van der Waals surface area contributed by atoms with Crippen molar-refractivity contribution in [1.82, 2.24) is 0 Å². The number of benzene rings is 8. The minimum Gasteiger partial charge on any atom is -0.332 e. The van der Waals surface area contributed by atoms with Crippen LogP contribution in [0.1, 0.15) is 55.5 Å². The Bertz CT molecular complexity index is 3180. The third kappa shape index (κ3) is 4.79. The second-order valence-electron chi connectivity index (χ2n) is 18.0. The number of rotatable bonds is 3. The summed E-state index contributed by atoms with van der Waals surface area (Å²) in [6, 6.07) is 57.8. The highest BCUT2D eigenvalue weighted by Gasteiger charge is 2.39. The number of nitrogens with zero attached hydrogens (tertiary/aromatic N) is 1. The van der Waals surface area contributed by atoms with Crippen molar-refractivity contribution in [3.05, 3.63) is 210 Å². The first-order chi connectivity index (χ1) is 28.8. The van der Waals surface area contributed by atoms with Crippen LogP contribution in [-0.4, -0.2) is 6.04 Å². The molecule has 12 rings (SSSR count). The predicted molar refractivity (Wildman–Crippen MR) is 251 cm³/mol. The van der Waals surface area contributed by atoms with E-state index in [-0.39, 0.29) is 22.8 Å². The average molecular weight is 756 g/mol. The molecule has 0 amide bonds. The minimum atomic E-state index is -0.105. The number of para-hydroxylation sites is 1. The molecule has 0 radical (unpaired) electrons. The fourth-order valence-corrected chi connectivity index (χ4v) is 11.3. The molecule has 3 aliphatic carbocycles. The lowest BCUT2D eigenvalue weighted by molar-refractivity contribution is 0.660. The Morgan fingerprint density at radius 3 is 1.90 bits per heavy atom. The molecule has 0 spiro atoms. The first-order valence-electron chi connectivity index (χ1n) is 21.2. The molecule has 59 heavy (non-hydrogen) atoms. The van der Waals surface area contributed by atoms with Gasteiger partial charge in [0.15, 0.2) is 0 Å². The molecule has 4 aliphatic rings. The van der Waals surface area contributed by atoms with Crippen molar-refractivity contribution in [2.75, 3.05) is 4.90 Å². The van der Waals surface area contributed by atoms with Crippen LogP contribution in [0, 0.1) is 5.92 Å². The zero-order valence-corrected chi connectivity index (χ0v) is 34.0. The molecule has 2 unspecified atom stereocenters. The van der Waals surface area contributed by atoms with Gasteiger partial charge in [-0.2, -0.15) is 0 Å². The minimum absolute atomic E-state index is 0.0786. The Morgan fingerprint density at radius 1 is 0.424 bits per heavy atom. The molecule has 0 saturated heterocycles. The van der Waals surface area contributed by atoms with Gasteiger partial charge >= 0.3 is 0 Å². The highest BCUT2D eigenvalue weighted by molar-refractivity contribution is 6.23. The zero-order valence-electron chi connectivity index (χ0n) is 34.0. The van der Waals surface area contributed by atoms with Gasteiger partial charge in [0, 0.05) is 33.2 Å². The van der Waals surface area contributed by atoms with Gasteiger partial charge in [-0.25, -0.2) is 0 Å². The number of hydrogen-bond acceptors (Lipinski definition) is 1. The Labute approximate surface area is 347 Å². The predicted octanol–water partition coefficient (Wildman–Crippen LogP) is 15.2. The number of allylic oxidation sites excluding steroid dienone is 2. The molecule has 1 nitrogen and oxygen atoms in total. The van der Waals surface area contributed by atoms with Crippen LogP contribution < -0.4 is 4.90 Å². The molecule has 8 aromatic carbocycles. The molecule has 1 heteroatoms. The smallest absolute Gasteiger partial charge is 0.0623 e. The van der Waals surface area contributed by atoms with E-state index >= 15 is 0 Å². The van der Waals surface area contributed by atoms with Crippen molar-refractivity contribution in [3.8, 4) is 44.5 Å². The Hall–Kier alpha value is -6.70. The van der Waals surface area contributed by atoms with E-state index in [2.05, 4.69) is 221 Å². The van der Waals surface area contributed by atoms with Crippen LogP contribution in [0.5, 0.6) is 0 Å². The molecular formula is C58H45N. The summed E-state index contributed by atoms with van der Waals surface area (Å²) in [4.78, 5) is 2.65. The van der Waals surface area contributed by atoms with E-state index in [0.29, 0.717) is 0 Å². The fourth-order valence-electron chi connectivity index (χ4n) is 11.3. The summed E-state index contributed by atoms with van der Waals surface area (Å²) in [5, 5.41) is 5.07. The van der Waals surface area contributed by atoms with Crippen LogP contribution in [0.3, 0.4) is 0 Å². The van der Waals surface area contributed by atoms with Crippen LogP contribution in [-0.2, 0) is 10.8 Å². The summed E-state index contributed by atoms with van der Waals surface area (Å²) >= 11 is 0. The molecule has 0 saturated carbocycles. The molecular weight excluding hydrogens is 711 g/mol. The van der Waals surface area contributed by atoms with Gasteiger partial charge in [0.05, 0.1) is 11.7 Å². The highest BCUT2D eigenvalue weighted by atomic mass is 15.2. The maximum Gasteiger partial charge on any atom is 0.0623 e. The van der Waals surface area contributed by atoms with E-state index in [4.69, 9.17) is 0 Å². The summed E-state index contributed by atoms with van der Waals surface area (Å²) in [5.74, 6) is 0.232. The number of hydrogen-bond donors (Lipinski definition) is 0. The monoisotopic (exact) mass is 755 g/mol. The lowest BCUT2D eigenvalue weighted by Crippen LogP contribution is -2.35. The molecule has 282 valence electrons. The summed E-state index contributed by atoms with van der Waals surface area (Å²) in [7, 11) is 0. The van der Waals surface area contributed by atoms with Crippen molar-refractivity contribution in [2.24, 2.45) is 5.92 Å². The summed E-state index contributed by atoms with van der Waals surface area (Å²) < 4.78 is 0. The fraction of sp³-hybridized carbons (Fsp3) is 0.138. The third-order valence-electron chi connectivity index (χ3n) is 14.2. The van der Waals surface area contributed by atoms with Gasteiger partial charge in [0.1, 0.15) is 0 Å². The normalized spacial score (nSPS) is 18.5. The quantitative estimate of drug-likeness (QED) is 0.162. The topological polar surface area (TPSA) is 3.24 Å². The van der Waals surface area contributed by atoms with E-state index in [0.717, 1.165) is 0 Å². The molecule has 0 N–H and O–H groups in total. The molecule has 8 aromatic rings. The van der Waals surface area contributed by atoms with Gasteiger partial charge in [-0.3, -0.25) is 0 Å². The maximum atomic E-state index is 2.65. The first kappa shape index (κ1) is 34.4. The van der Waals surface area contributed by atoms with Crippen molar-refractivity contribution in [1.29, 1.82) is 0 Å². The average Bonchev–Trinajstić information content (AvgIpc) is 3.56. The van der Waals surface area contributed by atoms with Crippen LogP contribution in [0.2, 0.25) is 0 Å². The third-order valence-corrected chi connectivity index (χ3v) is 14.2. The second-order valence-corrected chi connectivity index (χ2v) is 18.0. The van der Waals surface area contributed by atoms with Crippen LogP contribution in [0.25, 0.3) is 72.1 Å². The van der Waals surface area contributed by atoms with Gasteiger partial charge in [0.25, 0.3) is 0 Å². The van der Waals surface area contributed by atoms with E-state index in [1.807, 2.05) is 0 Å². The van der Waals surface area contributed by atoms with E-state index in [1.54, 1.807) is 0 Å². The van der Waals surface area contributed by atoms with Crippen molar-refractivity contribution < 1.29 is 0 Å². The molecule has 0 aromatic heterocycles. The van der Waals surface area contributed by atoms with Crippen LogP contribution >= 0.6 is 0 Å². The first-order valence-corrected chi connectivity index (χ1v) is 21.2. The zero-order chi connectivity index (χ0) is 39.6. The Kier molecular flexibility index (Phi) is 7.22. The molecule has 1 heterocycles. The molecule has 0 fully saturated rings. The molecule has 2 atom stereocenters. The van der Waals surface area contributed by atoms with E-state index in [9.17, 15) is 0 Å². The van der Waals surface area contributed by atoms with Gasteiger partial charge in [-0.05, 0) is 101 Å². The largest absolute Gasteiger partial charge is 0.332 e. The van der Waals surface area contributed by atoms with Crippen LogP contribution in [0.4, 0.5) is 11.4 Å². The Balaban J connectivity index is 1.19. The standard InChI is InChI=1S/C58H45N/c1-57(2)49-24-12-10-21-45(49)55-46(22-15-25-50(55)57)54-42-19-7-8-20-43(42)56(59-52-26-13-5-16-36(52)28-29-37-17-6-14-27-53(37)59)44-33-31-38(34-47(44)54)39-30-32-41-40-18-9-11-23-48(40)58(3,4)51(41)35-39/h5-36,52H,1-4H3. The van der Waals surface area contributed by atoms with Crippen molar-refractivity contribution in [3.63, 3.8) is 0 Å². The lowest BCUT2D eigenvalue weighted by atomic mass is 9.80. The maximum absolute atomic E-state index is 2.65. The Morgan fingerprint density at radius 2 is 1.03 bits per heavy atom. The summed E-state index contributed by atoms with van der Waals surface area (Å²) in [6.07, 6.45) is 13.9. The SMILES string of the molecule is CC1(C)c2ccccc2-c2ccc(-c3ccc4c(N5c6ccccc6C=CC6C=CC=CC65)c5ccccc5c(-c5cccc6c5-c5ccccc5C6(C)C)c4c3)cc21. The van der Waals surface area contributed by atoms with Gasteiger partial charge in [-0.1, -0.05) is 198 Å². The lowest BCUT2D eigenvalue weighted by Gasteiger charge is -2.37. The van der Waals surface area contributed by atoms with Crippen LogP contribution in [0.15, 0.2) is 182 Å². The highest BCUT2D eigenvalue weighted by Crippen LogP contribution is 2.56. The molecule has 1 aliphatic heterocycles. The van der Waals surface area contributed by atoms with Gasteiger partial charge in [-0.15, -0.1) is 0 Å². The van der Waals surface area contributed by atoms with E-state index < -0.39 is 0 Å². The number of fused-ring (bicyclic) bond motifs is 10. The van der Waals surface area contributed by atoms with Crippen molar-refractivity contribution >= 4 is 39.0 Å². The van der Waals surface area contributed by atoms with E-state index in [1.165, 1.54) is 105 Å². The second kappa shape index (κ2) is 12.4. The number of anilines is 2. The van der Waals surface area contributed by atoms with Gasteiger partial charge in [0.2, 0.25) is 0 Å². The summed E-state index contributed by atoms with van der Waals surface area (Å²) in [6.45, 7) is 9.53. The van der Waals surface area contributed by atoms with Crippen molar-refractivity contribution in [2.45, 2.75) is 44.6 Å². The molecule has 0 bridgehead atoms. The summed E-state index contributed by atoms with van der Waals surface area (Å²) in [5.41, 5.74) is 19.6. The van der Waals surface area contributed by atoms with Gasteiger partial charge < -0.3 is 4.90 Å².